The molecule has 0 spiro atoms. The summed E-state index contributed by atoms with van der Waals surface area (Å²) in [5, 5.41) is 3.69. The number of imidazole rings is 1. The first-order chi connectivity index (χ1) is 12.3. The molecule has 3 aromatic rings. The van der Waals surface area contributed by atoms with Crippen LogP contribution in [-0.4, -0.2) is 33.6 Å². The highest BCUT2D eigenvalue weighted by Gasteiger charge is 2.20. The summed E-state index contributed by atoms with van der Waals surface area (Å²) in [5.41, 5.74) is 2.32. The van der Waals surface area contributed by atoms with E-state index in [1.165, 1.54) is 5.69 Å². The zero-order valence-corrected chi connectivity index (χ0v) is 14.6. The van der Waals surface area contributed by atoms with E-state index in [1.54, 1.807) is 6.26 Å². The van der Waals surface area contributed by atoms with Crippen molar-refractivity contribution < 1.29 is 4.42 Å². The molecule has 0 unspecified atom stereocenters. The minimum Gasteiger partial charge on any atom is -0.468 e. The maximum absolute atomic E-state index is 5.45. The van der Waals surface area contributed by atoms with Crippen LogP contribution in [0.4, 0.5) is 5.69 Å². The minimum absolute atomic E-state index is 0.518. The van der Waals surface area contributed by atoms with Gasteiger partial charge < -0.3 is 14.3 Å². The first kappa shape index (κ1) is 16.0. The molecular weight excluding hydrogens is 312 g/mol. The van der Waals surface area contributed by atoms with Crippen LogP contribution < -0.4 is 5.32 Å². The van der Waals surface area contributed by atoms with Gasteiger partial charge in [0.2, 0.25) is 0 Å². The number of nitrogens with zero attached hydrogens (tertiary/aromatic N) is 3. The molecule has 0 amide bonds. The highest BCUT2D eigenvalue weighted by Crippen LogP contribution is 2.23. The predicted octanol–water partition coefficient (Wildman–Crippen LogP) is 3.76. The Kier molecular flexibility index (Phi) is 4.57. The topological polar surface area (TPSA) is 46.2 Å². The van der Waals surface area contributed by atoms with Crippen molar-refractivity contribution >= 4 is 5.69 Å². The number of nitrogens with one attached hydrogen (secondary N) is 1. The second-order valence-corrected chi connectivity index (χ2v) is 6.72. The van der Waals surface area contributed by atoms with E-state index in [0.717, 1.165) is 49.6 Å². The van der Waals surface area contributed by atoms with Gasteiger partial charge in [-0.25, -0.2) is 4.98 Å². The molecule has 0 bridgehead atoms. The monoisotopic (exact) mass is 336 g/mol. The van der Waals surface area contributed by atoms with Gasteiger partial charge >= 0.3 is 0 Å². The molecule has 1 aliphatic rings. The van der Waals surface area contributed by atoms with Crippen molar-refractivity contribution in [2.75, 3.05) is 18.4 Å². The lowest BCUT2D eigenvalue weighted by molar-refractivity contribution is 0.197. The van der Waals surface area contributed by atoms with E-state index in [9.17, 15) is 0 Å². The molecule has 130 valence electrons. The van der Waals surface area contributed by atoms with Gasteiger partial charge in [-0.2, -0.15) is 0 Å². The van der Waals surface area contributed by atoms with Crippen LogP contribution in [0, 0.1) is 0 Å². The van der Waals surface area contributed by atoms with Crippen molar-refractivity contribution in [1.29, 1.82) is 0 Å². The van der Waals surface area contributed by atoms with Crippen LogP contribution >= 0.6 is 0 Å². The Balaban J connectivity index is 1.35. The Hall–Kier alpha value is -2.53. The largest absolute Gasteiger partial charge is 0.468 e. The van der Waals surface area contributed by atoms with E-state index in [1.807, 2.05) is 36.1 Å². The molecule has 1 N–H and O–H groups in total. The number of likely N-dealkylation sites (tertiary alicyclic amines) is 1. The Bertz CT molecular complexity index is 801. The molecule has 5 heteroatoms. The molecule has 4 rings (SSSR count). The first-order valence-electron chi connectivity index (χ1n) is 8.87. The molecule has 0 saturated carbocycles. The number of hydrogen-bond donors (Lipinski definition) is 1. The maximum Gasteiger partial charge on any atom is 0.139 e. The summed E-state index contributed by atoms with van der Waals surface area (Å²) in [5.74, 6) is 2.05. The van der Waals surface area contributed by atoms with E-state index in [2.05, 4.69) is 39.5 Å². The third-order valence-electron chi connectivity index (χ3n) is 4.86. The molecule has 1 aromatic carbocycles. The Labute approximate surface area is 148 Å². The molecule has 0 atom stereocenters. The number of hydrogen-bond acceptors (Lipinski definition) is 4. The van der Waals surface area contributed by atoms with Crippen LogP contribution in [0.15, 0.2) is 59.5 Å². The van der Waals surface area contributed by atoms with Crippen LogP contribution in [0.25, 0.3) is 11.4 Å². The van der Waals surface area contributed by atoms with Crippen molar-refractivity contribution in [1.82, 2.24) is 14.5 Å². The molecule has 0 radical (unpaired) electrons. The normalized spacial score (nSPS) is 16.2. The lowest BCUT2D eigenvalue weighted by Crippen LogP contribution is -2.38. The minimum atomic E-state index is 0.518. The lowest BCUT2D eigenvalue weighted by atomic mass is 10.0. The second-order valence-electron chi connectivity index (χ2n) is 6.72. The third-order valence-corrected chi connectivity index (χ3v) is 4.86. The fourth-order valence-corrected chi connectivity index (χ4v) is 3.49. The van der Waals surface area contributed by atoms with E-state index < -0.39 is 0 Å². The van der Waals surface area contributed by atoms with Crippen LogP contribution in [0.1, 0.15) is 18.6 Å². The third kappa shape index (κ3) is 3.77. The molecule has 1 saturated heterocycles. The molecule has 1 fully saturated rings. The van der Waals surface area contributed by atoms with Crippen LogP contribution in [0.2, 0.25) is 0 Å². The van der Waals surface area contributed by atoms with Crippen molar-refractivity contribution in [2.45, 2.75) is 25.4 Å². The molecule has 25 heavy (non-hydrogen) atoms. The quantitative estimate of drug-likeness (QED) is 0.771. The van der Waals surface area contributed by atoms with Gasteiger partial charge in [-0.1, -0.05) is 12.1 Å². The van der Waals surface area contributed by atoms with Gasteiger partial charge in [0.15, 0.2) is 0 Å². The number of benzene rings is 1. The first-order valence-corrected chi connectivity index (χ1v) is 8.87. The summed E-state index contributed by atoms with van der Waals surface area (Å²) in [4.78, 5) is 6.90. The molecule has 2 aromatic heterocycles. The summed E-state index contributed by atoms with van der Waals surface area (Å²) in [7, 11) is 2.02. The number of anilines is 1. The van der Waals surface area contributed by atoms with Gasteiger partial charge in [0.1, 0.15) is 11.6 Å². The number of rotatable bonds is 5. The van der Waals surface area contributed by atoms with Crippen LogP contribution in [0.5, 0.6) is 0 Å². The molecular formula is C20H24N4O. The average Bonchev–Trinajstić information content (AvgIpc) is 3.28. The fourth-order valence-electron chi connectivity index (χ4n) is 3.49. The number of aryl methyl sites for hydroxylation is 1. The molecule has 5 nitrogen and oxygen atoms in total. The highest BCUT2D eigenvalue weighted by atomic mass is 16.3. The van der Waals surface area contributed by atoms with E-state index >= 15 is 0 Å². The molecule has 1 aliphatic heterocycles. The van der Waals surface area contributed by atoms with E-state index in [0.29, 0.717) is 6.04 Å². The Morgan fingerprint density at radius 1 is 1.20 bits per heavy atom. The number of furan rings is 1. The Morgan fingerprint density at radius 2 is 2.08 bits per heavy atom. The zero-order valence-electron chi connectivity index (χ0n) is 14.6. The standard InChI is InChI=1S/C20H24N4O/c1-23-12-9-21-20(23)16-4-2-5-18(14-16)22-17-7-10-24(11-8-17)15-19-6-3-13-25-19/h2-6,9,12-14,17,22H,7-8,10-11,15H2,1H3. The summed E-state index contributed by atoms with van der Waals surface area (Å²) in [6.45, 7) is 3.10. The summed E-state index contributed by atoms with van der Waals surface area (Å²) >= 11 is 0. The Morgan fingerprint density at radius 3 is 2.80 bits per heavy atom. The summed E-state index contributed by atoms with van der Waals surface area (Å²) in [6, 6.07) is 13.1. The maximum atomic E-state index is 5.45. The second kappa shape index (κ2) is 7.15. The number of piperidine rings is 1. The smallest absolute Gasteiger partial charge is 0.139 e. The van der Waals surface area contributed by atoms with Gasteiger partial charge in [0.25, 0.3) is 0 Å². The van der Waals surface area contributed by atoms with Gasteiger partial charge in [-0.15, -0.1) is 0 Å². The van der Waals surface area contributed by atoms with Gasteiger partial charge in [0, 0.05) is 49.8 Å². The van der Waals surface area contributed by atoms with Gasteiger partial charge in [-0.3, -0.25) is 4.90 Å². The lowest BCUT2D eigenvalue weighted by Gasteiger charge is -2.32. The molecule has 0 aliphatic carbocycles. The van der Waals surface area contributed by atoms with Gasteiger partial charge in [-0.05, 0) is 37.1 Å². The fraction of sp³-hybridized carbons (Fsp3) is 0.350. The van der Waals surface area contributed by atoms with Crippen molar-refractivity contribution in [3.05, 3.63) is 60.8 Å². The summed E-state index contributed by atoms with van der Waals surface area (Å²) < 4.78 is 7.50. The van der Waals surface area contributed by atoms with Crippen LogP contribution in [-0.2, 0) is 13.6 Å². The zero-order chi connectivity index (χ0) is 17.1. The highest BCUT2D eigenvalue weighted by molar-refractivity contribution is 5.63. The van der Waals surface area contributed by atoms with Crippen molar-refractivity contribution in [3.8, 4) is 11.4 Å². The van der Waals surface area contributed by atoms with Crippen molar-refractivity contribution in [2.24, 2.45) is 7.05 Å². The van der Waals surface area contributed by atoms with E-state index in [4.69, 9.17) is 4.42 Å². The molecule has 3 heterocycles. The van der Waals surface area contributed by atoms with Crippen molar-refractivity contribution in [3.63, 3.8) is 0 Å². The van der Waals surface area contributed by atoms with E-state index in [-0.39, 0.29) is 0 Å². The SMILES string of the molecule is Cn1ccnc1-c1cccc(NC2CCN(Cc3ccco3)CC2)c1. The van der Waals surface area contributed by atoms with Crippen LogP contribution in [0.3, 0.4) is 0 Å². The predicted molar refractivity (Wildman–Crippen MR) is 99.3 cm³/mol. The summed E-state index contributed by atoms with van der Waals surface area (Å²) in [6.07, 6.45) is 7.85. The number of aromatic nitrogens is 2. The van der Waals surface area contributed by atoms with Gasteiger partial charge in [0.05, 0.1) is 12.8 Å². The average molecular weight is 336 g/mol.